The second-order valence-corrected chi connectivity index (χ2v) is 4.07. The fraction of sp³-hybridized carbons (Fsp3) is 0.600. The van der Waals surface area contributed by atoms with Gasteiger partial charge in [-0.05, 0) is 13.3 Å². The Morgan fingerprint density at radius 2 is 2.33 bits per heavy atom. The van der Waals surface area contributed by atoms with E-state index in [1.54, 1.807) is 0 Å². The SMILES string of the molecule is CCCCC(C)(F)c1nc[nH]c(=O)c1Cl. The third-order valence-electron chi connectivity index (χ3n) is 2.29. The summed E-state index contributed by atoms with van der Waals surface area (Å²) in [7, 11) is 0. The predicted molar refractivity (Wildman–Crippen MR) is 57.9 cm³/mol. The Bertz CT molecular complexity index is 389. The molecule has 15 heavy (non-hydrogen) atoms. The van der Waals surface area contributed by atoms with Crippen molar-refractivity contribution < 1.29 is 4.39 Å². The Labute approximate surface area is 92.7 Å². The van der Waals surface area contributed by atoms with Crippen molar-refractivity contribution >= 4 is 11.6 Å². The summed E-state index contributed by atoms with van der Waals surface area (Å²) < 4.78 is 14.2. The minimum atomic E-state index is -1.64. The third kappa shape index (κ3) is 2.78. The molecule has 0 aromatic carbocycles. The first kappa shape index (κ1) is 12.2. The monoisotopic (exact) mass is 232 g/mol. The summed E-state index contributed by atoms with van der Waals surface area (Å²) in [6, 6.07) is 0. The molecule has 1 N–H and O–H groups in total. The highest BCUT2D eigenvalue weighted by atomic mass is 35.5. The number of unbranched alkanes of at least 4 members (excludes halogenated alkanes) is 1. The van der Waals surface area contributed by atoms with Crippen LogP contribution in [-0.4, -0.2) is 9.97 Å². The van der Waals surface area contributed by atoms with Crippen molar-refractivity contribution in [3.8, 4) is 0 Å². The number of aromatic amines is 1. The quantitative estimate of drug-likeness (QED) is 0.868. The van der Waals surface area contributed by atoms with Crippen LogP contribution in [0.15, 0.2) is 11.1 Å². The molecule has 0 aliphatic carbocycles. The van der Waals surface area contributed by atoms with E-state index in [1.807, 2.05) is 6.92 Å². The number of alkyl halides is 1. The average Bonchev–Trinajstić information content (AvgIpc) is 2.19. The van der Waals surface area contributed by atoms with E-state index in [0.29, 0.717) is 6.42 Å². The molecule has 0 saturated carbocycles. The maximum Gasteiger partial charge on any atom is 0.269 e. The van der Waals surface area contributed by atoms with Crippen molar-refractivity contribution in [2.45, 2.75) is 38.8 Å². The molecule has 0 amide bonds. The molecule has 0 spiro atoms. The number of aromatic nitrogens is 2. The molecule has 1 heterocycles. The van der Waals surface area contributed by atoms with E-state index in [-0.39, 0.29) is 10.7 Å². The smallest absolute Gasteiger partial charge is 0.269 e. The third-order valence-corrected chi connectivity index (χ3v) is 2.64. The van der Waals surface area contributed by atoms with Crippen molar-refractivity contribution in [2.24, 2.45) is 0 Å². The summed E-state index contributed by atoms with van der Waals surface area (Å²) in [5, 5.41) is -0.154. The van der Waals surface area contributed by atoms with Gasteiger partial charge in [0.05, 0.1) is 6.33 Å². The lowest BCUT2D eigenvalue weighted by atomic mass is 9.97. The zero-order valence-electron chi connectivity index (χ0n) is 8.81. The van der Waals surface area contributed by atoms with E-state index in [2.05, 4.69) is 9.97 Å². The van der Waals surface area contributed by atoms with Crippen LogP contribution >= 0.6 is 11.6 Å². The van der Waals surface area contributed by atoms with Crippen molar-refractivity contribution in [1.82, 2.24) is 9.97 Å². The molecule has 0 bridgehead atoms. The van der Waals surface area contributed by atoms with Gasteiger partial charge in [-0.25, -0.2) is 9.37 Å². The van der Waals surface area contributed by atoms with Crippen LogP contribution in [0, 0.1) is 0 Å². The van der Waals surface area contributed by atoms with Crippen LogP contribution in [0.4, 0.5) is 4.39 Å². The van der Waals surface area contributed by atoms with Crippen LogP contribution < -0.4 is 5.56 Å². The summed E-state index contributed by atoms with van der Waals surface area (Å²) in [6.45, 7) is 3.37. The molecular formula is C10H14ClFN2O. The van der Waals surface area contributed by atoms with Gasteiger partial charge in [0.2, 0.25) is 0 Å². The standard InChI is InChI=1S/C10H14ClFN2O/c1-3-4-5-10(2,12)8-7(11)9(15)14-6-13-8/h6H,3-5H2,1-2H3,(H,13,14,15). The topological polar surface area (TPSA) is 45.8 Å². The first-order valence-electron chi connectivity index (χ1n) is 4.91. The lowest BCUT2D eigenvalue weighted by molar-refractivity contribution is 0.166. The normalized spacial score (nSPS) is 14.9. The van der Waals surface area contributed by atoms with Crippen LogP contribution in [0.25, 0.3) is 0 Å². The van der Waals surface area contributed by atoms with Crippen molar-refractivity contribution in [3.05, 3.63) is 27.4 Å². The molecule has 0 radical (unpaired) electrons. The van der Waals surface area contributed by atoms with Crippen LogP contribution in [0.3, 0.4) is 0 Å². The number of rotatable bonds is 4. The average molecular weight is 233 g/mol. The fourth-order valence-electron chi connectivity index (χ4n) is 1.37. The van der Waals surface area contributed by atoms with Crippen LogP contribution in [0.5, 0.6) is 0 Å². The highest BCUT2D eigenvalue weighted by Crippen LogP contribution is 2.32. The van der Waals surface area contributed by atoms with E-state index in [1.165, 1.54) is 13.3 Å². The van der Waals surface area contributed by atoms with Gasteiger partial charge in [-0.3, -0.25) is 4.79 Å². The molecule has 1 unspecified atom stereocenters. The van der Waals surface area contributed by atoms with Crippen molar-refractivity contribution in [1.29, 1.82) is 0 Å². The summed E-state index contributed by atoms with van der Waals surface area (Å²) in [4.78, 5) is 17.3. The predicted octanol–water partition coefficient (Wildman–Crippen LogP) is 2.80. The maximum atomic E-state index is 14.2. The fourth-order valence-corrected chi connectivity index (χ4v) is 1.67. The van der Waals surface area contributed by atoms with Crippen LogP contribution in [-0.2, 0) is 5.67 Å². The first-order chi connectivity index (χ1) is 6.99. The summed E-state index contributed by atoms with van der Waals surface area (Å²) >= 11 is 5.71. The molecule has 0 fully saturated rings. The molecule has 0 aliphatic heterocycles. The molecule has 1 rings (SSSR count). The van der Waals surface area contributed by atoms with E-state index in [0.717, 1.165) is 12.8 Å². The largest absolute Gasteiger partial charge is 0.312 e. The van der Waals surface area contributed by atoms with E-state index >= 15 is 0 Å². The van der Waals surface area contributed by atoms with E-state index < -0.39 is 11.2 Å². The second kappa shape index (κ2) is 4.75. The summed E-state index contributed by atoms with van der Waals surface area (Å²) in [5.74, 6) is 0. The Morgan fingerprint density at radius 3 is 2.93 bits per heavy atom. The number of nitrogens with zero attached hydrogens (tertiary/aromatic N) is 1. The van der Waals surface area contributed by atoms with Crippen LogP contribution in [0.2, 0.25) is 5.02 Å². The second-order valence-electron chi connectivity index (χ2n) is 3.70. The number of nitrogens with one attached hydrogen (secondary N) is 1. The zero-order valence-corrected chi connectivity index (χ0v) is 9.57. The van der Waals surface area contributed by atoms with Gasteiger partial charge in [-0.2, -0.15) is 0 Å². The zero-order chi connectivity index (χ0) is 11.5. The number of hydrogen-bond acceptors (Lipinski definition) is 2. The molecule has 84 valence electrons. The Kier molecular flexibility index (Phi) is 3.85. The van der Waals surface area contributed by atoms with Gasteiger partial charge in [0, 0.05) is 0 Å². The summed E-state index contributed by atoms with van der Waals surface area (Å²) in [6.07, 6.45) is 3.12. The molecule has 3 nitrogen and oxygen atoms in total. The molecule has 1 aromatic rings. The number of halogens is 2. The van der Waals surface area contributed by atoms with Crippen molar-refractivity contribution in [3.63, 3.8) is 0 Å². The highest BCUT2D eigenvalue weighted by molar-refractivity contribution is 6.31. The van der Waals surface area contributed by atoms with Gasteiger partial charge in [0.25, 0.3) is 5.56 Å². The molecular weight excluding hydrogens is 219 g/mol. The number of hydrogen-bond donors (Lipinski definition) is 1. The number of H-pyrrole nitrogens is 1. The Hall–Kier alpha value is -0.900. The Balaban J connectivity index is 3.04. The van der Waals surface area contributed by atoms with Gasteiger partial charge in [0.1, 0.15) is 10.7 Å². The van der Waals surface area contributed by atoms with Gasteiger partial charge < -0.3 is 4.98 Å². The summed E-state index contributed by atoms with van der Waals surface area (Å²) in [5.41, 5.74) is -2.11. The Morgan fingerprint density at radius 1 is 1.67 bits per heavy atom. The minimum absolute atomic E-state index is 0.0290. The first-order valence-corrected chi connectivity index (χ1v) is 5.29. The van der Waals surface area contributed by atoms with Gasteiger partial charge >= 0.3 is 0 Å². The van der Waals surface area contributed by atoms with Gasteiger partial charge in [-0.15, -0.1) is 0 Å². The lowest BCUT2D eigenvalue weighted by Gasteiger charge is -2.19. The van der Waals surface area contributed by atoms with E-state index in [4.69, 9.17) is 11.6 Å². The molecule has 1 aromatic heterocycles. The van der Waals surface area contributed by atoms with E-state index in [9.17, 15) is 9.18 Å². The molecule has 5 heteroatoms. The molecule has 0 aliphatic rings. The van der Waals surface area contributed by atoms with Gasteiger partial charge in [0.15, 0.2) is 5.67 Å². The molecule has 1 atom stereocenters. The minimum Gasteiger partial charge on any atom is -0.312 e. The molecule has 0 saturated heterocycles. The lowest BCUT2D eigenvalue weighted by Crippen LogP contribution is -2.22. The van der Waals surface area contributed by atoms with Crippen molar-refractivity contribution in [2.75, 3.05) is 0 Å². The maximum absolute atomic E-state index is 14.2. The van der Waals surface area contributed by atoms with Gasteiger partial charge in [-0.1, -0.05) is 31.4 Å². The highest BCUT2D eigenvalue weighted by Gasteiger charge is 2.30. The van der Waals surface area contributed by atoms with Crippen LogP contribution in [0.1, 0.15) is 38.8 Å².